The highest BCUT2D eigenvalue weighted by molar-refractivity contribution is 5.26. The molecule has 0 amide bonds. The lowest BCUT2D eigenvalue weighted by atomic mass is 9.85. The Kier molecular flexibility index (Phi) is 3.11. The molecule has 2 aromatic rings. The monoisotopic (exact) mass is 252 g/mol. The second kappa shape index (κ2) is 4.78. The number of hydrogen-bond donors (Lipinski definition) is 1. The maximum Gasteiger partial charge on any atom is 0.0453 e. The molecule has 1 aromatic carbocycles. The first-order valence-electron chi connectivity index (χ1n) is 6.90. The highest BCUT2D eigenvalue weighted by Crippen LogP contribution is 2.42. The SMILES string of the molecule is CC1(C)NC(c2ccccc2)CC1c1ccccn1. The molecule has 1 fully saturated rings. The van der Waals surface area contributed by atoms with Crippen LogP contribution in [0.4, 0.5) is 0 Å². The molecule has 2 heteroatoms. The van der Waals surface area contributed by atoms with Crippen molar-refractivity contribution in [1.29, 1.82) is 0 Å². The van der Waals surface area contributed by atoms with E-state index >= 15 is 0 Å². The summed E-state index contributed by atoms with van der Waals surface area (Å²) in [6.07, 6.45) is 3.00. The van der Waals surface area contributed by atoms with Crippen LogP contribution >= 0.6 is 0 Å². The van der Waals surface area contributed by atoms with E-state index in [1.54, 1.807) is 0 Å². The summed E-state index contributed by atoms with van der Waals surface area (Å²) in [7, 11) is 0. The smallest absolute Gasteiger partial charge is 0.0453 e. The Morgan fingerprint density at radius 3 is 2.47 bits per heavy atom. The van der Waals surface area contributed by atoms with Crippen LogP contribution in [-0.2, 0) is 0 Å². The van der Waals surface area contributed by atoms with Crippen molar-refractivity contribution in [3.8, 4) is 0 Å². The molecule has 98 valence electrons. The summed E-state index contributed by atoms with van der Waals surface area (Å²) < 4.78 is 0. The lowest BCUT2D eigenvalue weighted by molar-refractivity contribution is 0.393. The maximum absolute atomic E-state index is 4.54. The number of benzene rings is 1. The number of aromatic nitrogens is 1. The normalized spacial score (nSPS) is 25.4. The highest BCUT2D eigenvalue weighted by atomic mass is 15.0. The minimum Gasteiger partial charge on any atom is -0.304 e. The Bertz CT molecular complexity index is 534. The Hall–Kier alpha value is -1.67. The molecule has 1 N–H and O–H groups in total. The van der Waals surface area contributed by atoms with E-state index in [4.69, 9.17) is 0 Å². The number of rotatable bonds is 2. The number of hydrogen-bond acceptors (Lipinski definition) is 2. The molecule has 1 aromatic heterocycles. The molecule has 2 atom stereocenters. The van der Waals surface area contributed by atoms with Crippen molar-refractivity contribution in [3.63, 3.8) is 0 Å². The molecule has 1 aliphatic rings. The summed E-state index contributed by atoms with van der Waals surface area (Å²) in [6.45, 7) is 4.55. The summed E-state index contributed by atoms with van der Waals surface area (Å²) in [6, 6.07) is 17.3. The third-order valence-corrected chi connectivity index (χ3v) is 4.14. The van der Waals surface area contributed by atoms with Gasteiger partial charge < -0.3 is 5.32 Å². The standard InChI is InChI=1S/C17H20N2/c1-17(2)14(15-10-6-7-11-18-15)12-16(19-17)13-8-4-3-5-9-13/h3-11,14,16,19H,12H2,1-2H3. The van der Waals surface area contributed by atoms with Crippen LogP contribution in [-0.4, -0.2) is 10.5 Å². The first-order chi connectivity index (χ1) is 9.17. The van der Waals surface area contributed by atoms with Gasteiger partial charge >= 0.3 is 0 Å². The van der Waals surface area contributed by atoms with Crippen molar-refractivity contribution in [2.75, 3.05) is 0 Å². The minimum atomic E-state index is 0.0782. The Morgan fingerprint density at radius 2 is 1.79 bits per heavy atom. The number of nitrogens with one attached hydrogen (secondary N) is 1. The van der Waals surface area contributed by atoms with Crippen LogP contribution in [0, 0.1) is 0 Å². The van der Waals surface area contributed by atoms with Gasteiger partial charge in [0.2, 0.25) is 0 Å². The van der Waals surface area contributed by atoms with Crippen molar-refractivity contribution < 1.29 is 0 Å². The van der Waals surface area contributed by atoms with Crippen LogP contribution in [0.5, 0.6) is 0 Å². The zero-order chi connectivity index (χ0) is 13.3. The summed E-state index contributed by atoms with van der Waals surface area (Å²) in [4.78, 5) is 4.54. The molecular formula is C17H20N2. The van der Waals surface area contributed by atoms with Crippen molar-refractivity contribution in [3.05, 3.63) is 66.0 Å². The summed E-state index contributed by atoms with van der Waals surface area (Å²) in [5.74, 6) is 0.457. The van der Waals surface area contributed by atoms with Crippen molar-refractivity contribution in [2.24, 2.45) is 0 Å². The van der Waals surface area contributed by atoms with E-state index in [9.17, 15) is 0 Å². The third-order valence-electron chi connectivity index (χ3n) is 4.14. The van der Waals surface area contributed by atoms with E-state index in [1.807, 2.05) is 12.3 Å². The fraction of sp³-hybridized carbons (Fsp3) is 0.353. The predicted octanol–water partition coefficient (Wildman–Crippen LogP) is 3.68. The van der Waals surface area contributed by atoms with E-state index in [2.05, 4.69) is 66.6 Å². The van der Waals surface area contributed by atoms with Crippen LogP contribution in [0.3, 0.4) is 0 Å². The Morgan fingerprint density at radius 1 is 1.05 bits per heavy atom. The maximum atomic E-state index is 4.54. The molecule has 1 saturated heterocycles. The molecule has 2 nitrogen and oxygen atoms in total. The molecule has 3 rings (SSSR count). The van der Waals surface area contributed by atoms with Gasteiger partial charge in [0, 0.05) is 29.4 Å². The van der Waals surface area contributed by atoms with Gasteiger partial charge in [0.05, 0.1) is 0 Å². The largest absolute Gasteiger partial charge is 0.304 e. The molecule has 1 aliphatic heterocycles. The van der Waals surface area contributed by atoms with Crippen LogP contribution in [0.25, 0.3) is 0 Å². The molecule has 0 aliphatic carbocycles. The van der Waals surface area contributed by atoms with Gasteiger partial charge in [-0.1, -0.05) is 36.4 Å². The van der Waals surface area contributed by atoms with Crippen LogP contribution in [0.2, 0.25) is 0 Å². The van der Waals surface area contributed by atoms with Gasteiger partial charge in [-0.25, -0.2) is 0 Å². The lowest BCUT2D eigenvalue weighted by Crippen LogP contribution is -2.38. The van der Waals surface area contributed by atoms with E-state index in [0.29, 0.717) is 12.0 Å². The fourth-order valence-corrected chi connectivity index (χ4v) is 3.12. The average molecular weight is 252 g/mol. The van der Waals surface area contributed by atoms with Gasteiger partial charge in [-0.05, 0) is 38.0 Å². The van der Waals surface area contributed by atoms with Crippen molar-refractivity contribution in [1.82, 2.24) is 10.3 Å². The van der Waals surface area contributed by atoms with Crippen molar-refractivity contribution >= 4 is 0 Å². The predicted molar refractivity (Wildman–Crippen MR) is 78.0 cm³/mol. The van der Waals surface area contributed by atoms with Gasteiger partial charge in [0.1, 0.15) is 0 Å². The van der Waals surface area contributed by atoms with E-state index < -0.39 is 0 Å². The van der Waals surface area contributed by atoms with Gasteiger partial charge in [0.25, 0.3) is 0 Å². The molecule has 0 bridgehead atoms. The highest BCUT2D eigenvalue weighted by Gasteiger charge is 2.41. The van der Waals surface area contributed by atoms with Crippen LogP contribution in [0.15, 0.2) is 54.7 Å². The molecule has 0 spiro atoms. The number of nitrogens with zero attached hydrogens (tertiary/aromatic N) is 1. The van der Waals surface area contributed by atoms with Crippen LogP contribution < -0.4 is 5.32 Å². The molecule has 2 heterocycles. The van der Waals surface area contributed by atoms with Crippen LogP contribution in [0.1, 0.15) is 43.5 Å². The Balaban J connectivity index is 1.88. The van der Waals surface area contributed by atoms with Crippen molar-refractivity contribution in [2.45, 2.75) is 37.8 Å². The quantitative estimate of drug-likeness (QED) is 0.882. The lowest BCUT2D eigenvalue weighted by Gasteiger charge is -2.27. The van der Waals surface area contributed by atoms with Gasteiger partial charge in [0.15, 0.2) is 0 Å². The summed E-state index contributed by atoms with van der Waals surface area (Å²) in [5.41, 5.74) is 2.64. The summed E-state index contributed by atoms with van der Waals surface area (Å²) >= 11 is 0. The summed E-state index contributed by atoms with van der Waals surface area (Å²) in [5, 5.41) is 3.76. The third kappa shape index (κ3) is 2.41. The average Bonchev–Trinajstić information content (AvgIpc) is 2.77. The van der Waals surface area contributed by atoms with Gasteiger partial charge in [-0.15, -0.1) is 0 Å². The minimum absolute atomic E-state index is 0.0782. The first kappa shape index (κ1) is 12.4. The molecule has 2 unspecified atom stereocenters. The van der Waals surface area contributed by atoms with E-state index in [0.717, 1.165) is 6.42 Å². The van der Waals surface area contributed by atoms with E-state index in [1.165, 1.54) is 11.3 Å². The molecular weight excluding hydrogens is 232 g/mol. The number of pyridine rings is 1. The van der Waals surface area contributed by atoms with Gasteiger partial charge in [-0.3, -0.25) is 4.98 Å². The topological polar surface area (TPSA) is 24.9 Å². The second-order valence-corrected chi connectivity index (χ2v) is 5.87. The first-order valence-corrected chi connectivity index (χ1v) is 6.90. The molecule has 19 heavy (non-hydrogen) atoms. The fourth-order valence-electron chi connectivity index (χ4n) is 3.12. The van der Waals surface area contributed by atoms with Gasteiger partial charge in [-0.2, -0.15) is 0 Å². The molecule has 0 saturated carbocycles. The van der Waals surface area contributed by atoms with E-state index in [-0.39, 0.29) is 5.54 Å². The zero-order valence-electron chi connectivity index (χ0n) is 11.5. The zero-order valence-corrected chi connectivity index (χ0v) is 11.5. The Labute approximate surface area is 114 Å². The molecule has 0 radical (unpaired) electrons. The second-order valence-electron chi connectivity index (χ2n) is 5.87.